The van der Waals surface area contributed by atoms with E-state index in [1.807, 2.05) is 7.05 Å². The molecule has 0 spiro atoms. The van der Waals surface area contributed by atoms with E-state index in [0.717, 1.165) is 29.2 Å². The van der Waals surface area contributed by atoms with Gasteiger partial charge in [-0.05, 0) is 29.8 Å². The normalized spacial score (nSPS) is 24.8. The Morgan fingerprint density at radius 1 is 1.35 bits per heavy atom. The van der Waals surface area contributed by atoms with Crippen molar-refractivity contribution in [2.75, 3.05) is 30.4 Å². The average molecular weight is 301 g/mol. The lowest BCUT2D eigenvalue weighted by Crippen LogP contribution is -2.46. The Bertz CT molecular complexity index is 391. The van der Waals surface area contributed by atoms with E-state index in [-0.39, 0.29) is 12.2 Å². The van der Waals surface area contributed by atoms with Crippen LogP contribution in [0.25, 0.3) is 0 Å². The molecule has 1 aliphatic heterocycles. The van der Waals surface area contributed by atoms with Gasteiger partial charge in [-0.1, -0.05) is 0 Å². The van der Waals surface area contributed by atoms with Gasteiger partial charge in [-0.15, -0.1) is 0 Å². The van der Waals surface area contributed by atoms with Gasteiger partial charge < -0.3 is 15.0 Å². The number of nitrogens with one attached hydrogen (secondary N) is 1. The fourth-order valence-electron chi connectivity index (χ4n) is 2.11. The number of nitrogens with zero attached hydrogens (tertiary/aromatic N) is 3. The van der Waals surface area contributed by atoms with Crippen molar-refractivity contribution >= 4 is 27.6 Å². The van der Waals surface area contributed by atoms with E-state index < -0.39 is 0 Å². The fourth-order valence-corrected chi connectivity index (χ4v) is 2.76. The SMILES string of the molecule is CNc1ncnc(N2CC(C)OC(C)C2)c1Br. The molecule has 2 unspecified atom stereocenters. The minimum atomic E-state index is 0.221. The molecule has 0 amide bonds. The van der Waals surface area contributed by atoms with Gasteiger partial charge in [0.2, 0.25) is 0 Å². The highest BCUT2D eigenvalue weighted by molar-refractivity contribution is 9.10. The van der Waals surface area contributed by atoms with Crippen LogP contribution in [0.5, 0.6) is 0 Å². The molecule has 2 heterocycles. The molecule has 0 aliphatic carbocycles. The minimum absolute atomic E-state index is 0.221. The van der Waals surface area contributed by atoms with Crippen molar-refractivity contribution in [2.24, 2.45) is 0 Å². The van der Waals surface area contributed by atoms with Crippen molar-refractivity contribution < 1.29 is 4.74 Å². The molecule has 6 heteroatoms. The Hall–Kier alpha value is -0.880. The summed E-state index contributed by atoms with van der Waals surface area (Å²) >= 11 is 3.55. The van der Waals surface area contributed by atoms with Gasteiger partial charge in [0.1, 0.15) is 22.4 Å². The summed E-state index contributed by atoms with van der Waals surface area (Å²) in [5.74, 6) is 1.73. The van der Waals surface area contributed by atoms with E-state index in [2.05, 4.69) is 50.0 Å². The molecule has 1 aliphatic rings. The van der Waals surface area contributed by atoms with Crippen LogP contribution in [0, 0.1) is 0 Å². The standard InChI is InChI=1S/C11H17BrN4O/c1-7-4-16(5-8(2)17-7)11-9(12)10(13-3)14-6-15-11/h6-8H,4-5H2,1-3H3,(H,13,14,15). The molecule has 2 rings (SSSR count). The maximum atomic E-state index is 5.72. The number of ether oxygens (including phenoxy) is 1. The van der Waals surface area contributed by atoms with Crippen molar-refractivity contribution in [3.05, 3.63) is 10.8 Å². The molecule has 0 radical (unpaired) electrons. The molecule has 1 aromatic heterocycles. The summed E-state index contributed by atoms with van der Waals surface area (Å²) in [4.78, 5) is 10.7. The number of hydrogen-bond donors (Lipinski definition) is 1. The Morgan fingerprint density at radius 3 is 2.59 bits per heavy atom. The van der Waals surface area contributed by atoms with E-state index in [1.54, 1.807) is 6.33 Å². The first-order valence-electron chi connectivity index (χ1n) is 5.70. The Labute approximate surface area is 110 Å². The third kappa shape index (κ3) is 2.69. The Morgan fingerprint density at radius 2 is 2.00 bits per heavy atom. The zero-order chi connectivity index (χ0) is 12.4. The highest BCUT2D eigenvalue weighted by Gasteiger charge is 2.25. The number of rotatable bonds is 2. The van der Waals surface area contributed by atoms with Crippen LogP contribution in [0.15, 0.2) is 10.8 Å². The van der Waals surface area contributed by atoms with Crippen LogP contribution in [-0.4, -0.2) is 42.3 Å². The lowest BCUT2D eigenvalue weighted by molar-refractivity contribution is -0.00550. The quantitative estimate of drug-likeness (QED) is 0.904. The van der Waals surface area contributed by atoms with Crippen molar-refractivity contribution in [3.63, 3.8) is 0 Å². The van der Waals surface area contributed by atoms with E-state index in [4.69, 9.17) is 4.74 Å². The van der Waals surface area contributed by atoms with E-state index >= 15 is 0 Å². The van der Waals surface area contributed by atoms with Crippen LogP contribution in [0.4, 0.5) is 11.6 Å². The third-order valence-electron chi connectivity index (χ3n) is 2.73. The van der Waals surface area contributed by atoms with Crippen molar-refractivity contribution in [1.82, 2.24) is 9.97 Å². The number of hydrogen-bond acceptors (Lipinski definition) is 5. The van der Waals surface area contributed by atoms with Gasteiger partial charge >= 0.3 is 0 Å². The van der Waals surface area contributed by atoms with Gasteiger partial charge in [-0.25, -0.2) is 9.97 Å². The maximum absolute atomic E-state index is 5.72. The van der Waals surface area contributed by atoms with E-state index in [1.165, 1.54) is 0 Å². The summed E-state index contributed by atoms with van der Waals surface area (Å²) in [7, 11) is 1.85. The van der Waals surface area contributed by atoms with Gasteiger partial charge in [0.25, 0.3) is 0 Å². The zero-order valence-corrected chi connectivity index (χ0v) is 11.9. The number of anilines is 2. The molecule has 94 valence electrons. The van der Waals surface area contributed by atoms with Crippen molar-refractivity contribution in [2.45, 2.75) is 26.1 Å². The predicted molar refractivity (Wildman–Crippen MR) is 71.5 cm³/mol. The summed E-state index contributed by atoms with van der Waals surface area (Å²) in [5.41, 5.74) is 0. The highest BCUT2D eigenvalue weighted by Crippen LogP contribution is 2.30. The first kappa shape index (κ1) is 12.6. The van der Waals surface area contributed by atoms with Crippen LogP contribution in [-0.2, 0) is 4.74 Å². The smallest absolute Gasteiger partial charge is 0.148 e. The first-order chi connectivity index (χ1) is 8.11. The van der Waals surface area contributed by atoms with Crippen LogP contribution in [0.1, 0.15) is 13.8 Å². The summed E-state index contributed by atoms with van der Waals surface area (Å²) in [6.07, 6.45) is 2.02. The molecule has 17 heavy (non-hydrogen) atoms. The molecule has 1 aromatic rings. The fraction of sp³-hybridized carbons (Fsp3) is 0.636. The largest absolute Gasteiger partial charge is 0.372 e. The van der Waals surface area contributed by atoms with Gasteiger partial charge in [0, 0.05) is 20.1 Å². The van der Waals surface area contributed by atoms with Gasteiger partial charge in [0.15, 0.2) is 0 Å². The summed E-state index contributed by atoms with van der Waals surface area (Å²) in [6.45, 7) is 5.86. The molecule has 1 fully saturated rings. The lowest BCUT2D eigenvalue weighted by atomic mass is 10.2. The number of halogens is 1. The van der Waals surface area contributed by atoms with Crippen molar-refractivity contribution in [1.29, 1.82) is 0 Å². The molecule has 0 bridgehead atoms. The van der Waals surface area contributed by atoms with Crippen LogP contribution < -0.4 is 10.2 Å². The van der Waals surface area contributed by atoms with Crippen LogP contribution in [0.3, 0.4) is 0 Å². The molecular formula is C11H17BrN4O. The molecule has 1 saturated heterocycles. The van der Waals surface area contributed by atoms with E-state index in [9.17, 15) is 0 Å². The second-order valence-corrected chi connectivity index (χ2v) is 5.07. The van der Waals surface area contributed by atoms with Gasteiger partial charge in [0.05, 0.1) is 12.2 Å². The minimum Gasteiger partial charge on any atom is -0.372 e. The monoisotopic (exact) mass is 300 g/mol. The Kier molecular flexibility index (Phi) is 3.83. The van der Waals surface area contributed by atoms with E-state index in [0.29, 0.717) is 0 Å². The van der Waals surface area contributed by atoms with Gasteiger partial charge in [-0.2, -0.15) is 0 Å². The number of morpholine rings is 1. The lowest BCUT2D eigenvalue weighted by Gasteiger charge is -2.36. The third-order valence-corrected chi connectivity index (χ3v) is 3.46. The van der Waals surface area contributed by atoms with Gasteiger partial charge in [-0.3, -0.25) is 0 Å². The predicted octanol–water partition coefficient (Wildman–Crippen LogP) is 1.89. The Balaban J connectivity index is 2.27. The zero-order valence-electron chi connectivity index (χ0n) is 10.3. The summed E-state index contributed by atoms with van der Waals surface area (Å²) in [5, 5.41) is 3.04. The summed E-state index contributed by atoms with van der Waals surface area (Å²) < 4.78 is 6.62. The average Bonchev–Trinajstić information content (AvgIpc) is 2.28. The topological polar surface area (TPSA) is 50.3 Å². The molecule has 0 saturated carbocycles. The molecular weight excluding hydrogens is 284 g/mol. The summed E-state index contributed by atoms with van der Waals surface area (Å²) in [6, 6.07) is 0. The first-order valence-corrected chi connectivity index (χ1v) is 6.49. The second-order valence-electron chi connectivity index (χ2n) is 4.27. The molecule has 0 aromatic carbocycles. The maximum Gasteiger partial charge on any atom is 0.148 e. The second kappa shape index (κ2) is 5.18. The molecule has 5 nitrogen and oxygen atoms in total. The number of aromatic nitrogens is 2. The molecule has 1 N–H and O–H groups in total. The van der Waals surface area contributed by atoms with Crippen LogP contribution in [0.2, 0.25) is 0 Å². The molecule has 2 atom stereocenters. The van der Waals surface area contributed by atoms with Crippen LogP contribution >= 0.6 is 15.9 Å². The highest BCUT2D eigenvalue weighted by atomic mass is 79.9. The van der Waals surface area contributed by atoms with Crippen molar-refractivity contribution in [3.8, 4) is 0 Å².